The van der Waals surface area contributed by atoms with Crippen molar-refractivity contribution in [3.8, 4) is 0 Å². The minimum atomic E-state index is 0.274. The third kappa shape index (κ3) is 0.496. The molecule has 0 aromatic rings. The van der Waals surface area contributed by atoms with Gasteiger partial charge in [0, 0.05) is 16.7 Å². The van der Waals surface area contributed by atoms with Crippen molar-refractivity contribution in [3.63, 3.8) is 0 Å². The SMILES string of the molecule is OC[C@H]1C=C[C@]23C=CC=C[C@]12C3. The molecule has 1 heteroatoms. The molecular weight excluding hydrogens is 148 g/mol. The molecule has 0 aromatic carbocycles. The lowest BCUT2D eigenvalue weighted by atomic mass is 9.85. The van der Waals surface area contributed by atoms with Crippen molar-refractivity contribution < 1.29 is 5.11 Å². The summed E-state index contributed by atoms with van der Waals surface area (Å²) in [6.45, 7) is 0.288. The first-order valence-corrected chi connectivity index (χ1v) is 4.50. The topological polar surface area (TPSA) is 20.2 Å². The van der Waals surface area contributed by atoms with E-state index in [0.717, 1.165) is 0 Å². The van der Waals surface area contributed by atoms with Crippen LogP contribution in [0.2, 0.25) is 0 Å². The second kappa shape index (κ2) is 1.74. The molecule has 3 aliphatic rings. The van der Waals surface area contributed by atoms with Gasteiger partial charge in [-0.2, -0.15) is 0 Å². The Labute approximate surface area is 72.1 Å². The van der Waals surface area contributed by atoms with Gasteiger partial charge in [0.2, 0.25) is 0 Å². The predicted octanol–water partition coefficient (Wildman–Crippen LogP) is 1.67. The molecule has 1 fully saturated rings. The number of hydrogen-bond donors (Lipinski definition) is 1. The van der Waals surface area contributed by atoms with Gasteiger partial charge in [0.05, 0.1) is 6.61 Å². The summed E-state index contributed by atoms with van der Waals surface area (Å²) in [5, 5.41) is 9.18. The van der Waals surface area contributed by atoms with Gasteiger partial charge in [-0.1, -0.05) is 36.5 Å². The lowest BCUT2D eigenvalue weighted by Gasteiger charge is -2.20. The quantitative estimate of drug-likeness (QED) is 0.578. The fraction of sp³-hybridized carbons (Fsp3) is 0.455. The Bertz CT molecular complexity index is 313. The van der Waals surface area contributed by atoms with Crippen LogP contribution in [0.15, 0.2) is 36.5 Å². The van der Waals surface area contributed by atoms with Crippen molar-refractivity contribution in [2.24, 2.45) is 16.7 Å². The highest BCUT2D eigenvalue weighted by molar-refractivity contribution is 5.47. The van der Waals surface area contributed by atoms with Crippen LogP contribution >= 0.6 is 0 Å². The fourth-order valence-electron chi connectivity index (χ4n) is 2.88. The lowest BCUT2D eigenvalue weighted by molar-refractivity contribution is 0.214. The van der Waals surface area contributed by atoms with Crippen molar-refractivity contribution in [2.75, 3.05) is 6.61 Å². The Morgan fingerprint density at radius 2 is 2.08 bits per heavy atom. The van der Waals surface area contributed by atoms with E-state index in [0.29, 0.717) is 11.3 Å². The van der Waals surface area contributed by atoms with Gasteiger partial charge in [0.15, 0.2) is 0 Å². The number of allylic oxidation sites excluding steroid dienone is 5. The van der Waals surface area contributed by atoms with E-state index >= 15 is 0 Å². The minimum absolute atomic E-state index is 0.274. The highest BCUT2D eigenvalue weighted by Gasteiger charge is 2.68. The van der Waals surface area contributed by atoms with Crippen LogP contribution in [0.3, 0.4) is 0 Å². The molecular formula is C11H12O. The van der Waals surface area contributed by atoms with E-state index in [2.05, 4.69) is 36.5 Å². The number of rotatable bonds is 1. The molecule has 62 valence electrons. The first-order valence-electron chi connectivity index (χ1n) is 4.50. The van der Waals surface area contributed by atoms with E-state index in [1.807, 2.05) is 0 Å². The van der Waals surface area contributed by atoms with Crippen LogP contribution in [-0.2, 0) is 0 Å². The molecule has 1 N–H and O–H groups in total. The molecule has 0 bridgehead atoms. The van der Waals surface area contributed by atoms with Crippen LogP contribution in [-0.4, -0.2) is 11.7 Å². The number of aliphatic hydroxyl groups is 1. The van der Waals surface area contributed by atoms with Crippen LogP contribution in [0, 0.1) is 16.7 Å². The van der Waals surface area contributed by atoms with Gasteiger partial charge in [-0.15, -0.1) is 0 Å². The Morgan fingerprint density at radius 3 is 2.92 bits per heavy atom. The standard InChI is InChI=1S/C11H12O/c12-7-9-3-6-10-4-1-2-5-11(9,10)8-10/h1-6,9,12H,7-8H2/t9-,10+,11+/m1/s1. The zero-order valence-corrected chi connectivity index (χ0v) is 6.90. The van der Waals surface area contributed by atoms with Gasteiger partial charge in [-0.3, -0.25) is 0 Å². The Balaban J connectivity index is 2.08. The zero-order chi connectivity index (χ0) is 8.23. The van der Waals surface area contributed by atoms with E-state index < -0.39 is 0 Å². The third-order valence-corrected chi connectivity index (χ3v) is 3.71. The molecule has 0 aliphatic heterocycles. The molecule has 3 atom stereocenters. The van der Waals surface area contributed by atoms with Gasteiger partial charge < -0.3 is 5.11 Å². The van der Waals surface area contributed by atoms with Crippen molar-refractivity contribution in [3.05, 3.63) is 36.5 Å². The molecule has 0 amide bonds. The average Bonchev–Trinajstić information content (AvgIpc) is 2.67. The molecule has 0 heterocycles. The second-order valence-corrected chi connectivity index (χ2v) is 4.12. The lowest BCUT2D eigenvalue weighted by Crippen LogP contribution is -2.17. The zero-order valence-electron chi connectivity index (χ0n) is 6.90. The van der Waals surface area contributed by atoms with Crippen molar-refractivity contribution in [2.45, 2.75) is 6.42 Å². The molecule has 3 rings (SSSR count). The Morgan fingerprint density at radius 1 is 1.25 bits per heavy atom. The van der Waals surface area contributed by atoms with Crippen LogP contribution in [0.5, 0.6) is 0 Å². The highest BCUT2D eigenvalue weighted by atomic mass is 16.3. The normalized spacial score (nSPS) is 52.2. The molecule has 1 nitrogen and oxygen atoms in total. The van der Waals surface area contributed by atoms with Gasteiger partial charge in [-0.05, 0) is 6.42 Å². The molecule has 0 aromatic heterocycles. The van der Waals surface area contributed by atoms with Crippen LogP contribution < -0.4 is 0 Å². The molecule has 12 heavy (non-hydrogen) atoms. The average molecular weight is 160 g/mol. The summed E-state index contributed by atoms with van der Waals surface area (Å²) >= 11 is 0. The smallest absolute Gasteiger partial charge is 0.0502 e. The minimum Gasteiger partial charge on any atom is -0.396 e. The van der Waals surface area contributed by atoms with Crippen molar-refractivity contribution in [1.82, 2.24) is 0 Å². The highest BCUT2D eigenvalue weighted by Crippen LogP contribution is 2.75. The number of aliphatic hydroxyl groups excluding tert-OH is 1. The summed E-state index contributed by atoms with van der Waals surface area (Å²) in [4.78, 5) is 0. The summed E-state index contributed by atoms with van der Waals surface area (Å²) in [6.07, 6.45) is 14.4. The first kappa shape index (κ1) is 6.67. The maximum atomic E-state index is 9.18. The second-order valence-electron chi connectivity index (χ2n) is 4.12. The van der Waals surface area contributed by atoms with E-state index in [1.54, 1.807) is 0 Å². The molecule has 0 unspecified atom stereocenters. The molecule has 0 radical (unpaired) electrons. The third-order valence-electron chi connectivity index (χ3n) is 3.71. The summed E-state index contributed by atoms with van der Waals surface area (Å²) in [5.74, 6) is 0.360. The van der Waals surface area contributed by atoms with Gasteiger partial charge in [0.25, 0.3) is 0 Å². The van der Waals surface area contributed by atoms with Crippen LogP contribution in [0.4, 0.5) is 0 Å². The van der Waals surface area contributed by atoms with Gasteiger partial charge in [0.1, 0.15) is 0 Å². The Kier molecular flexibility index (Phi) is 0.969. The maximum Gasteiger partial charge on any atom is 0.0502 e. The van der Waals surface area contributed by atoms with Gasteiger partial charge >= 0.3 is 0 Å². The maximum absolute atomic E-state index is 9.18. The number of hydrogen-bond acceptors (Lipinski definition) is 1. The molecule has 0 spiro atoms. The van der Waals surface area contributed by atoms with Crippen LogP contribution in [0.1, 0.15) is 6.42 Å². The predicted molar refractivity (Wildman–Crippen MR) is 47.5 cm³/mol. The van der Waals surface area contributed by atoms with E-state index in [4.69, 9.17) is 0 Å². The van der Waals surface area contributed by atoms with E-state index in [-0.39, 0.29) is 12.0 Å². The summed E-state index contributed by atoms with van der Waals surface area (Å²) in [5.41, 5.74) is 0.575. The molecule has 1 saturated carbocycles. The van der Waals surface area contributed by atoms with E-state index in [1.165, 1.54) is 6.42 Å². The largest absolute Gasteiger partial charge is 0.396 e. The molecule has 0 saturated heterocycles. The van der Waals surface area contributed by atoms with Crippen molar-refractivity contribution in [1.29, 1.82) is 0 Å². The van der Waals surface area contributed by atoms with Crippen molar-refractivity contribution >= 4 is 0 Å². The van der Waals surface area contributed by atoms with Crippen LogP contribution in [0.25, 0.3) is 0 Å². The first-order chi connectivity index (χ1) is 5.83. The Hall–Kier alpha value is -0.820. The summed E-state index contributed by atoms with van der Waals surface area (Å²) in [6, 6.07) is 0. The van der Waals surface area contributed by atoms with Gasteiger partial charge in [-0.25, -0.2) is 0 Å². The molecule has 3 aliphatic carbocycles. The van der Waals surface area contributed by atoms with E-state index in [9.17, 15) is 5.11 Å². The fourth-order valence-corrected chi connectivity index (χ4v) is 2.88. The monoisotopic (exact) mass is 160 g/mol. The summed E-state index contributed by atoms with van der Waals surface area (Å²) in [7, 11) is 0. The summed E-state index contributed by atoms with van der Waals surface area (Å²) < 4.78 is 0.